The number of rotatable bonds is 7. The van der Waals surface area contributed by atoms with Gasteiger partial charge in [-0.1, -0.05) is 11.3 Å². The fraction of sp³-hybridized carbons (Fsp3) is 0.381. The van der Waals surface area contributed by atoms with Crippen molar-refractivity contribution in [1.82, 2.24) is 19.6 Å². The number of pyridine rings is 1. The van der Waals surface area contributed by atoms with E-state index < -0.39 is 0 Å². The normalized spacial score (nSPS) is 12.6. The van der Waals surface area contributed by atoms with Crippen LogP contribution in [0.5, 0.6) is 10.8 Å². The van der Waals surface area contributed by atoms with Gasteiger partial charge in [-0.25, -0.2) is 4.37 Å². The summed E-state index contributed by atoms with van der Waals surface area (Å²) in [6.07, 6.45) is 6.33. The summed E-state index contributed by atoms with van der Waals surface area (Å²) < 4.78 is 10.6. The first-order valence-electron chi connectivity index (χ1n) is 9.66. The van der Waals surface area contributed by atoms with Crippen molar-refractivity contribution in [3.63, 3.8) is 0 Å². The van der Waals surface area contributed by atoms with Gasteiger partial charge in [0.1, 0.15) is 5.75 Å². The third-order valence-electron chi connectivity index (χ3n) is 4.93. The van der Waals surface area contributed by atoms with Crippen LogP contribution in [0.25, 0.3) is 10.4 Å². The summed E-state index contributed by atoms with van der Waals surface area (Å²) in [7, 11) is 4.07. The highest BCUT2D eigenvalue weighted by Crippen LogP contribution is 2.50. The Morgan fingerprint density at radius 2 is 2.21 bits per heavy atom. The van der Waals surface area contributed by atoms with E-state index in [9.17, 15) is 4.79 Å². The first kappa shape index (κ1) is 20.0. The molecule has 0 fully saturated rings. The zero-order valence-corrected chi connectivity index (χ0v) is 18.5. The van der Waals surface area contributed by atoms with E-state index in [4.69, 9.17) is 4.74 Å². The van der Waals surface area contributed by atoms with Crippen LogP contribution >= 0.6 is 22.9 Å². The van der Waals surface area contributed by atoms with Crippen molar-refractivity contribution < 1.29 is 9.53 Å². The monoisotopic (exact) mass is 428 g/mol. The number of nitrogens with one attached hydrogen (secondary N) is 1. The molecule has 1 amide bonds. The number of thiophene rings is 1. The van der Waals surface area contributed by atoms with Gasteiger partial charge in [-0.3, -0.25) is 9.78 Å². The second kappa shape index (κ2) is 8.61. The van der Waals surface area contributed by atoms with E-state index in [1.807, 2.05) is 39.3 Å². The summed E-state index contributed by atoms with van der Waals surface area (Å²) >= 11 is 2.90. The van der Waals surface area contributed by atoms with Crippen LogP contribution in [0.1, 0.15) is 32.9 Å². The lowest BCUT2D eigenvalue weighted by atomic mass is 9.93. The van der Waals surface area contributed by atoms with Crippen molar-refractivity contribution in [2.75, 3.05) is 27.2 Å². The highest BCUT2D eigenvalue weighted by Gasteiger charge is 2.30. The molecule has 1 aliphatic rings. The quantitative estimate of drug-likeness (QED) is 0.573. The number of nitrogens with zero attached hydrogens (tertiary/aromatic N) is 3. The predicted octanol–water partition coefficient (Wildman–Crippen LogP) is 4.15. The van der Waals surface area contributed by atoms with Crippen molar-refractivity contribution >= 4 is 28.8 Å². The maximum atomic E-state index is 12.9. The molecule has 6 nitrogen and oxygen atoms in total. The molecule has 29 heavy (non-hydrogen) atoms. The minimum atomic E-state index is -0.0178. The first-order chi connectivity index (χ1) is 14.0. The van der Waals surface area contributed by atoms with Gasteiger partial charge in [-0.2, -0.15) is 0 Å². The fourth-order valence-electron chi connectivity index (χ4n) is 3.42. The van der Waals surface area contributed by atoms with Gasteiger partial charge in [0.2, 0.25) is 0 Å². The van der Waals surface area contributed by atoms with Crippen molar-refractivity contribution in [3.05, 3.63) is 46.2 Å². The lowest BCUT2D eigenvalue weighted by molar-refractivity contribution is 0.0955. The zero-order chi connectivity index (χ0) is 20.4. The molecular formula is C21H24N4O2S2. The Labute approximate surface area is 178 Å². The maximum absolute atomic E-state index is 12.9. The number of aryl methyl sites for hydroxylation is 2. The molecule has 0 aliphatic heterocycles. The van der Waals surface area contributed by atoms with E-state index in [-0.39, 0.29) is 5.91 Å². The molecule has 3 heterocycles. The number of amides is 1. The molecule has 0 unspecified atom stereocenters. The van der Waals surface area contributed by atoms with Gasteiger partial charge in [0.25, 0.3) is 5.91 Å². The molecule has 1 aliphatic carbocycles. The summed E-state index contributed by atoms with van der Waals surface area (Å²) in [5.74, 6) is 0.696. The van der Waals surface area contributed by atoms with Crippen LogP contribution < -0.4 is 10.1 Å². The number of hydrogen-bond donors (Lipinski definition) is 1. The molecule has 8 heteroatoms. The second-order valence-electron chi connectivity index (χ2n) is 7.35. The molecule has 4 rings (SSSR count). The standard InChI is InChI=1S/C21H24N4O2S2/c1-13-16(6-4-9-22-13)27-21-17-15(8-7-14-12-24-29-18(14)17)19(28-21)20(26)23-10-5-11-25(2)3/h4,6,9,12H,5,7-8,10-11H2,1-3H3,(H,23,26). The van der Waals surface area contributed by atoms with Gasteiger partial charge in [0.05, 0.1) is 21.0 Å². The predicted molar refractivity (Wildman–Crippen MR) is 117 cm³/mol. The summed E-state index contributed by atoms with van der Waals surface area (Å²) in [6.45, 7) is 3.53. The Bertz CT molecular complexity index is 1030. The van der Waals surface area contributed by atoms with Crippen LogP contribution in [0.3, 0.4) is 0 Å². The van der Waals surface area contributed by atoms with Crippen LogP contribution in [0.4, 0.5) is 0 Å². The molecular weight excluding hydrogens is 404 g/mol. The smallest absolute Gasteiger partial charge is 0.261 e. The molecule has 0 radical (unpaired) electrons. The van der Waals surface area contributed by atoms with E-state index in [0.717, 1.165) is 57.4 Å². The van der Waals surface area contributed by atoms with Crippen molar-refractivity contribution in [3.8, 4) is 21.3 Å². The lowest BCUT2D eigenvalue weighted by Crippen LogP contribution is -2.27. The fourth-order valence-corrected chi connectivity index (χ4v) is 5.49. The van der Waals surface area contributed by atoms with Gasteiger partial charge >= 0.3 is 0 Å². The molecule has 0 atom stereocenters. The minimum absolute atomic E-state index is 0.0178. The van der Waals surface area contributed by atoms with E-state index in [2.05, 4.69) is 19.6 Å². The van der Waals surface area contributed by atoms with E-state index in [1.165, 1.54) is 28.4 Å². The van der Waals surface area contributed by atoms with Crippen LogP contribution in [-0.2, 0) is 12.8 Å². The maximum Gasteiger partial charge on any atom is 0.261 e. The van der Waals surface area contributed by atoms with Crippen molar-refractivity contribution in [2.24, 2.45) is 0 Å². The summed E-state index contributed by atoms with van der Waals surface area (Å²) in [5, 5.41) is 3.83. The Morgan fingerprint density at radius 3 is 3.00 bits per heavy atom. The lowest BCUT2D eigenvalue weighted by Gasteiger charge is -2.15. The van der Waals surface area contributed by atoms with Gasteiger partial charge in [0.15, 0.2) is 5.06 Å². The Kier molecular flexibility index (Phi) is 5.94. The molecule has 0 saturated carbocycles. The van der Waals surface area contributed by atoms with Crippen molar-refractivity contribution in [2.45, 2.75) is 26.2 Å². The average Bonchev–Trinajstić information content (AvgIpc) is 3.31. The van der Waals surface area contributed by atoms with Crippen LogP contribution in [0.2, 0.25) is 0 Å². The topological polar surface area (TPSA) is 67.3 Å². The summed E-state index contributed by atoms with van der Waals surface area (Å²) in [4.78, 5) is 21.2. The van der Waals surface area contributed by atoms with Crippen LogP contribution in [0, 0.1) is 6.92 Å². The summed E-state index contributed by atoms with van der Waals surface area (Å²) in [5.41, 5.74) is 4.16. The Morgan fingerprint density at radius 1 is 1.34 bits per heavy atom. The number of carbonyl (C=O) groups is 1. The highest BCUT2D eigenvalue weighted by molar-refractivity contribution is 7.17. The van der Waals surface area contributed by atoms with E-state index >= 15 is 0 Å². The van der Waals surface area contributed by atoms with Gasteiger partial charge in [-0.15, -0.1) is 0 Å². The molecule has 0 spiro atoms. The van der Waals surface area contributed by atoms with Gasteiger partial charge in [0, 0.05) is 18.9 Å². The first-order valence-corrected chi connectivity index (χ1v) is 11.3. The number of ether oxygens (including phenoxy) is 1. The minimum Gasteiger partial charge on any atom is -0.444 e. The average molecular weight is 429 g/mol. The third kappa shape index (κ3) is 4.19. The Hall–Kier alpha value is -2.29. The second-order valence-corrected chi connectivity index (χ2v) is 9.14. The molecule has 1 N–H and O–H groups in total. The number of hydrogen-bond acceptors (Lipinski definition) is 7. The van der Waals surface area contributed by atoms with E-state index in [1.54, 1.807) is 6.20 Å². The molecule has 0 aromatic carbocycles. The number of fused-ring (bicyclic) bond motifs is 3. The van der Waals surface area contributed by atoms with Gasteiger partial charge < -0.3 is 15.0 Å². The highest BCUT2D eigenvalue weighted by atomic mass is 32.1. The third-order valence-corrected chi connectivity index (χ3v) is 6.89. The van der Waals surface area contributed by atoms with Crippen LogP contribution in [0.15, 0.2) is 24.5 Å². The number of aromatic nitrogens is 2. The Balaban J connectivity index is 1.65. The SMILES string of the molecule is Cc1ncccc1Oc1sc(C(=O)NCCCN(C)C)c2c1-c1sncc1CC2. The van der Waals surface area contributed by atoms with E-state index in [0.29, 0.717) is 12.3 Å². The summed E-state index contributed by atoms with van der Waals surface area (Å²) in [6, 6.07) is 3.77. The molecule has 152 valence electrons. The molecule has 3 aromatic rings. The van der Waals surface area contributed by atoms with Crippen LogP contribution in [-0.4, -0.2) is 47.3 Å². The number of carbonyl (C=O) groups excluding carboxylic acids is 1. The molecule has 0 saturated heterocycles. The van der Waals surface area contributed by atoms with Crippen molar-refractivity contribution in [1.29, 1.82) is 0 Å². The largest absolute Gasteiger partial charge is 0.444 e. The zero-order valence-electron chi connectivity index (χ0n) is 16.8. The van der Waals surface area contributed by atoms with Gasteiger partial charge in [-0.05, 0) is 81.6 Å². The molecule has 3 aromatic heterocycles. The molecule has 0 bridgehead atoms.